The van der Waals surface area contributed by atoms with Crippen LogP contribution in [-0.2, 0) is 9.53 Å². The fourth-order valence-corrected chi connectivity index (χ4v) is 5.79. The topological polar surface area (TPSA) is 87.0 Å². The molecular weight excluding hydrogens is 566 g/mol. The number of unbranched alkanes of at least 4 members (excludes halogenated alkanes) is 8. The second-order valence-corrected chi connectivity index (χ2v) is 13.7. The largest absolute Gasteiger partial charge is 0.490 e. The molecule has 7 nitrogen and oxygen atoms in total. The number of benzene rings is 2. The molecule has 0 aliphatic carbocycles. The minimum absolute atomic E-state index is 0.0762. The third-order valence-corrected chi connectivity index (χ3v) is 7.69. The zero-order valence-corrected chi connectivity index (χ0v) is 28.3. The number of fused-ring (bicyclic) bond motifs is 1. The summed E-state index contributed by atoms with van der Waals surface area (Å²) in [5.41, 5.74) is 1.84. The van der Waals surface area contributed by atoms with Crippen LogP contribution >= 0.6 is 0 Å². The van der Waals surface area contributed by atoms with Crippen LogP contribution in [0.2, 0.25) is 0 Å². The molecule has 0 radical (unpaired) electrons. The molecule has 2 aromatic carbocycles. The molecule has 1 aliphatic rings. The van der Waals surface area contributed by atoms with Gasteiger partial charge in [-0.15, -0.1) is 0 Å². The number of hydrogen-bond donors (Lipinski definition) is 0. The van der Waals surface area contributed by atoms with E-state index in [1.807, 2.05) is 63.2 Å². The average molecular weight is 620 g/mol. The van der Waals surface area contributed by atoms with Crippen molar-refractivity contribution in [3.8, 4) is 29.1 Å². The maximum Gasteiger partial charge on any atom is 0.311 e. The Balaban J connectivity index is 1.30. The molecule has 0 unspecified atom stereocenters. The summed E-state index contributed by atoms with van der Waals surface area (Å²) in [6, 6.07) is 13.6. The smallest absolute Gasteiger partial charge is 0.311 e. The van der Waals surface area contributed by atoms with Gasteiger partial charge in [0, 0.05) is 0 Å². The first-order chi connectivity index (χ1) is 21.5. The first-order valence-electron chi connectivity index (χ1n) is 16.6. The van der Waals surface area contributed by atoms with E-state index >= 15 is 0 Å². The second-order valence-electron chi connectivity index (χ2n) is 13.7. The molecule has 0 N–H and O–H groups in total. The van der Waals surface area contributed by atoms with Gasteiger partial charge in [0.25, 0.3) is 0 Å². The van der Waals surface area contributed by atoms with Gasteiger partial charge in [-0.05, 0) is 93.0 Å². The van der Waals surface area contributed by atoms with Crippen molar-refractivity contribution in [3.63, 3.8) is 0 Å². The van der Waals surface area contributed by atoms with Crippen molar-refractivity contribution in [1.82, 2.24) is 0 Å². The van der Waals surface area contributed by atoms with Gasteiger partial charge in [0.2, 0.25) is 6.79 Å². The van der Waals surface area contributed by atoms with Crippen LogP contribution in [0.4, 0.5) is 0 Å². The highest BCUT2D eigenvalue weighted by Gasteiger charge is 2.33. The summed E-state index contributed by atoms with van der Waals surface area (Å²) < 4.78 is 28.3. The number of rotatable bonds is 19. The van der Waals surface area contributed by atoms with Crippen molar-refractivity contribution >= 4 is 17.6 Å². The normalized spacial score (nSPS) is 13.0. The van der Waals surface area contributed by atoms with Crippen molar-refractivity contribution < 1.29 is 28.5 Å². The Labute approximate surface area is 270 Å². The fraction of sp³-hybridized carbons (Fsp3) is 0.579. The standard InChI is InChI=1S/C38H53NO6/c1-7-41-34-24-29(23-31(26-39)30-18-20-33-35(25-30)45-28-44-33)17-19-32(34)42-21-15-13-11-9-8-10-12-14-16-22-43-36(40)38(5,6)27-37(2,3)4/h17-20,23-25H,7-16,21-22,27-28H2,1-6H3/b31-23+. The van der Waals surface area contributed by atoms with Crippen molar-refractivity contribution in [2.75, 3.05) is 26.6 Å². The van der Waals surface area contributed by atoms with Crippen molar-refractivity contribution in [3.05, 3.63) is 47.5 Å². The number of ether oxygens (including phenoxy) is 5. The van der Waals surface area contributed by atoms with Crippen molar-refractivity contribution in [1.29, 1.82) is 5.26 Å². The lowest BCUT2D eigenvalue weighted by atomic mass is 9.76. The predicted molar refractivity (Wildman–Crippen MR) is 180 cm³/mol. The van der Waals surface area contributed by atoms with Gasteiger partial charge in [0.05, 0.1) is 36.9 Å². The Bertz CT molecular complexity index is 1300. The molecule has 7 heteroatoms. The van der Waals surface area contributed by atoms with Crippen molar-refractivity contribution in [2.24, 2.45) is 10.8 Å². The average Bonchev–Trinajstić information content (AvgIpc) is 3.46. The summed E-state index contributed by atoms with van der Waals surface area (Å²) in [4.78, 5) is 12.4. The molecule has 0 amide bonds. The van der Waals surface area contributed by atoms with E-state index < -0.39 is 5.41 Å². The van der Waals surface area contributed by atoms with E-state index in [0.717, 1.165) is 49.0 Å². The zero-order valence-electron chi connectivity index (χ0n) is 28.3. The molecule has 2 aromatic rings. The summed E-state index contributed by atoms with van der Waals surface area (Å²) in [5, 5.41) is 9.80. The summed E-state index contributed by atoms with van der Waals surface area (Å²) in [5.74, 6) is 2.66. The number of nitrogens with zero attached hydrogens (tertiary/aromatic N) is 1. The van der Waals surface area contributed by atoms with Gasteiger partial charge in [-0.3, -0.25) is 4.79 Å². The van der Waals surface area contributed by atoms with Gasteiger partial charge in [-0.2, -0.15) is 5.26 Å². The van der Waals surface area contributed by atoms with E-state index in [2.05, 4.69) is 26.8 Å². The molecule has 0 saturated heterocycles. The van der Waals surface area contributed by atoms with E-state index in [-0.39, 0.29) is 18.2 Å². The second kappa shape index (κ2) is 17.7. The van der Waals surface area contributed by atoms with Crippen LogP contribution in [-0.4, -0.2) is 32.6 Å². The SMILES string of the molecule is CCOc1cc(/C=C(\C#N)c2ccc3c(c2)OCO3)ccc1OCCCCCCCCCCCOC(=O)C(C)(C)CC(C)(C)C. The van der Waals surface area contributed by atoms with Gasteiger partial charge in [-0.25, -0.2) is 0 Å². The molecule has 0 aromatic heterocycles. The number of allylic oxidation sites excluding steroid dienone is 1. The van der Waals surface area contributed by atoms with Gasteiger partial charge in [0.15, 0.2) is 23.0 Å². The molecule has 0 fully saturated rings. The first kappa shape index (κ1) is 35.8. The van der Waals surface area contributed by atoms with Crippen LogP contribution in [0.25, 0.3) is 11.6 Å². The molecule has 45 heavy (non-hydrogen) atoms. The Morgan fingerprint density at radius 2 is 1.47 bits per heavy atom. The van der Waals surface area contributed by atoms with E-state index in [1.54, 1.807) is 0 Å². The van der Waals surface area contributed by atoms with Gasteiger partial charge < -0.3 is 23.7 Å². The highest BCUT2D eigenvalue weighted by Crippen LogP contribution is 2.36. The highest BCUT2D eigenvalue weighted by atomic mass is 16.7. The molecule has 0 atom stereocenters. The number of carbonyl (C=O) groups is 1. The minimum Gasteiger partial charge on any atom is -0.490 e. The summed E-state index contributed by atoms with van der Waals surface area (Å²) >= 11 is 0. The number of nitriles is 1. The Morgan fingerprint density at radius 3 is 2.11 bits per heavy atom. The maximum atomic E-state index is 12.4. The summed E-state index contributed by atoms with van der Waals surface area (Å²) in [6.45, 7) is 14.3. The predicted octanol–water partition coefficient (Wildman–Crippen LogP) is 9.77. The molecule has 3 rings (SSSR count). The lowest BCUT2D eigenvalue weighted by Gasteiger charge is -2.30. The number of carbonyl (C=O) groups excluding carboxylic acids is 1. The molecule has 1 heterocycles. The van der Waals surface area contributed by atoms with Crippen LogP contribution in [0.3, 0.4) is 0 Å². The van der Waals surface area contributed by atoms with E-state index in [1.165, 1.54) is 32.1 Å². The minimum atomic E-state index is -0.434. The van der Waals surface area contributed by atoms with Crippen LogP contribution in [0.5, 0.6) is 23.0 Å². The molecule has 1 aliphatic heterocycles. The lowest BCUT2D eigenvalue weighted by Crippen LogP contribution is -2.31. The molecular formula is C38H53NO6. The van der Waals surface area contributed by atoms with E-state index in [4.69, 9.17) is 23.7 Å². The molecule has 246 valence electrons. The van der Waals surface area contributed by atoms with Gasteiger partial charge in [0.1, 0.15) is 0 Å². The summed E-state index contributed by atoms with van der Waals surface area (Å²) in [6.07, 6.45) is 12.9. The first-order valence-corrected chi connectivity index (χ1v) is 16.6. The number of esters is 1. The molecule has 0 bridgehead atoms. The lowest BCUT2D eigenvalue weighted by molar-refractivity contribution is -0.155. The van der Waals surface area contributed by atoms with Crippen LogP contribution < -0.4 is 18.9 Å². The highest BCUT2D eigenvalue weighted by molar-refractivity contribution is 5.90. The monoisotopic (exact) mass is 619 g/mol. The van der Waals surface area contributed by atoms with Gasteiger partial charge in [-0.1, -0.05) is 71.8 Å². The number of hydrogen-bond acceptors (Lipinski definition) is 7. The van der Waals surface area contributed by atoms with Crippen LogP contribution in [0.1, 0.15) is 117 Å². The van der Waals surface area contributed by atoms with Crippen LogP contribution in [0, 0.1) is 22.2 Å². The van der Waals surface area contributed by atoms with E-state index in [9.17, 15) is 10.1 Å². The zero-order chi connectivity index (χ0) is 32.7. The third-order valence-electron chi connectivity index (χ3n) is 7.69. The maximum absolute atomic E-state index is 12.4. The van der Waals surface area contributed by atoms with E-state index in [0.29, 0.717) is 42.6 Å². The van der Waals surface area contributed by atoms with Crippen LogP contribution in [0.15, 0.2) is 36.4 Å². The summed E-state index contributed by atoms with van der Waals surface area (Å²) in [7, 11) is 0. The van der Waals surface area contributed by atoms with Crippen molar-refractivity contribution in [2.45, 2.75) is 106 Å². The molecule has 0 spiro atoms. The Morgan fingerprint density at radius 1 is 0.822 bits per heavy atom. The Kier molecular flexibility index (Phi) is 14.1. The Hall–Kier alpha value is -3.66. The molecule has 0 saturated carbocycles. The quantitative estimate of drug-likeness (QED) is 0.0669. The fourth-order valence-electron chi connectivity index (χ4n) is 5.79. The van der Waals surface area contributed by atoms with Gasteiger partial charge >= 0.3 is 5.97 Å². The third kappa shape index (κ3) is 12.3.